The third-order valence-corrected chi connectivity index (χ3v) is 2.79. The standard InChI is InChI=1S/C11H21NO2/c1-8(2)7-12(9-5-6-9)11(3,4)10(13)14/h8-9H,5-7H2,1-4H3,(H,13,14). The van der Waals surface area contributed by atoms with Crippen LogP contribution in [0.5, 0.6) is 0 Å². The number of nitrogens with zero attached hydrogens (tertiary/aromatic N) is 1. The van der Waals surface area contributed by atoms with Crippen molar-refractivity contribution in [2.45, 2.75) is 52.1 Å². The summed E-state index contributed by atoms with van der Waals surface area (Å²) < 4.78 is 0. The number of rotatable bonds is 5. The van der Waals surface area contributed by atoms with E-state index in [0.29, 0.717) is 12.0 Å². The molecule has 3 heteroatoms. The topological polar surface area (TPSA) is 40.5 Å². The van der Waals surface area contributed by atoms with Crippen molar-refractivity contribution in [2.75, 3.05) is 6.54 Å². The van der Waals surface area contributed by atoms with Gasteiger partial charge in [-0.15, -0.1) is 0 Å². The largest absolute Gasteiger partial charge is 0.480 e. The van der Waals surface area contributed by atoms with Gasteiger partial charge in [0.05, 0.1) is 0 Å². The summed E-state index contributed by atoms with van der Waals surface area (Å²) >= 11 is 0. The average molecular weight is 199 g/mol. The van der Waals surface area contributed by atoms with Crippen molar-refractivity contribution in [3.05, 3.63) is 0 Å². The van der Waals surface area contributed by atoms with Crippen molar-refractivity contribution >= 4 is 5.97 Å². The van der Waals surface area contributed by atoms with Gasteiger partial charge in [0.25, 0.3) is 0 Å². The molecule has 0 aromatic heterocycles. The molecule has 1 saturated carbocycles. The minimum atomic E-state index is -0.718. The van der Waals surface area contributed by atoms with E-state index in [4.69, 9.17) is 5.11 Å². The fraction of sp³-hybridized carbons (Fsp3) is 0.909. The van der Waals surface area contributed by atoms with Crippen LogP contribution in [0.4, 0.5) is 0 Å². The van der Waals surface area contributed by atoms with Gasteiger partial charge < -0.3 is 5.11 Å². The molecule has 0 aliphatic heterocycles. The highest BCUT2D eigenvalue weighted by Crippen LogP contribution is 2.33. The van der Waals surface area contributed by atoms with E-state index in [9.17, 15) is 4.79 Å². The van der Waals surface area contributed by atoms with Crippen LogP contribution in [0.15, 0.2) is 0 Å². The van der Waals surface area contributed by atoms with E-state index in [0.717, 1.165) is 19.4 Å². The SMILES string of the molecule is CC(C)CN(C1CC1)C(C)(C)C(=O)O. The highest BCUT2D eigenvalue weighted by atomic mass is 16.4. The van der Waals surface area contributed by atoms with Gasteiger partial charge in [0.1, 0.15) is 5.54 Å². The van der Waals surface area contributed by atoms with E-state index in [1.807, 2.05) is 0 Å². The molecule has 1 fully saturated rings. The maximum absolute atomic E-state index is 11.1. The van der Waals surface area contributed by atoms with Crippen LogP contribution in [0.2, 0.25) is 0 Å². The average Bonchev–Trinajstić information content (AvgIpc) is 2.81. The fourth-order valence-electron chi connectivity index (χ4n) is 1.74. The van der Waals surface area contributed by atoms with Gasteiger partial charge in [-0.25, -0.2) is 0 Å². The Morgan fingerprint density at radius 2 is 2.00 bits per heavy atom. The summed E-state index contributed by atoms with van der Waals surface area (Å²) in [5, 5.41) is 9.16. The number of hydrogen-bond acceptors (Lipinski definition) is 2. The highest BCUT2D eigenvalue weighted by Gasteiger charge is 2.42. The molecule has 0 atom stereocenters. The highest BCUT2D eigenvalue weighted by molar-refractivity contribution is 5.77. The third-order valence-electron chi connectivity index (χ3n) is 2.79. The zero-order chi connectivity index (χ0) is 10.9. The van der Waals surface area contributed by atoms with Gasteiger partial charge in [0.15, 0.2) is 0 Å². The zero-order valence-electron chi connectivity index (χ0n) is 9.58. The molecular weight excluding hydrogens is 178 g/mol. The lowest BCUT2D eigenvalue weighted by molar-refractivity contribution is -0.150. The fourth-order valence-corrected chi connectivity index (χ4v) is 1.74. The minimum absolute atomic E-state index is 0.503. The number of carboxylic acids is 1. The maximum atomic E-state index is 11.1. The van der Waals surface area contributed by atoms with Crippen molar-refractivity contribution < 1.29 is 9.90 Å². The lowest BCUT2D eigenvalue weighted by atomic mass is 10.0. The first kappa shape index (κ1) is 11.5. The molecule has 1 rings (SSSR count). The van der Waals surface area contributed by atoms with Crippen LogP contribution in [-0.4, -0.2) is 34.1 Å². The van der Waals surface area contributed by atoms with E-state index in [1.165, 1.54) is 0 Å². The van der Waals surface area contributed by atoms with E-state index in [2.05, 4.69) is 18.7 Å². The molecular formula is C11H21NO2. The van der Waals surface area contributed by atoms with Gasteiger partial charge >= 0.3 is 5.97 Å². The molecule has 0 aromatic rings. The molecule has 0 heterocycles. The van der Waals surface area contributed by atoms with E-state index in [1.54, 1.807) is 13.8 Å². The number of hydrogen-bond donors (Lipinski definition) is 1. The third kappa shape index (κ3) is 2.47. The second kappa shape index (κ2) is 3.89. The first-order chi connectivity index (χ1) is 6.35. The molecule has 14 heavy (non-hydrogen) atoms. The summed E-state index contributed by atoms with van der Waals surface area (Å²) in [4.78, 5) is 13.3. The summed E-state index contributed by atoms with van der Waals surface area (Å²) in [6.45, 7) is 8.75. The van der Waals surface area contributed by atoms with Gasteiger partial charge in [-0.05, 0) is 32.6 Å². The molecule has 0 amide bonds. The van der Waals surface area contributed by atoms with Crippen LogP contribution in [0, 0.1) is 5.92 Å². The molecule has 1 N–H and O–H groups in total. The van der Waals surface area contributed by atoms with Crippen LogP contribution >= 0.6 is 0 Å². The summed E-state index contributed by atoms with van der Waals surface area (Å²) in [5.41, 5.74) is -0.717. The molecule has 0 bridgehead atoms. The van der Waals surface area contributed by atoms with Gasteiger partial charge in [-0.2, -0.15) is 0 Å². The zero-order valence-corrected chi connectivity index (χ0v) is 9.58. The summed E-state index contributed by atoms with van der Waals surface area (Å²) in [5.74, 6) is -0.195. The number of carbonyl (C=O) groups is 1. The van der Waals surface area contributed by atoms with E-state index >= 15 is 0 Å². The van der Waals surface area contributed by atoms with Crippen molar-refractivity contribution in [1.29, 1.82) is 0 Å². The Morgan fingerprint density at radius 3 is 2.29 bits per heavy atom. The molecule has 0 saturated heterocycles. The predicted molar refractivity (Wildman–Crippen MR) is 56.3 cm³/mol. The first-order valence-corrected chi connectivity index (χ1v) is 5.36. The Morgan fingerprint density at radius 1 is 1.50 bits per heavy atom. The minimum Gasteiger partial charge on any atom is -0.480 e. The smallest absolute Gasteiger partial charge is 0.323 e. The molecule has 82 valence electrons. The Balaban J connectivity index is 2.70. The normalized spacial score (nSPS) is 17.9. The summed E-state index contributed by atoms with van der Waals surface area (Å²) in [7, 11) is 0. The molecule has 0 spiro atoms. The Hall–Kier alpha value is -0.570. The Bertz CT molecular complexity index is 219. The van der Waals surface area contributed by atoms with Gasteiger partial charge in [-0.3, -0.25) is 9.69 Å². The van der Waals surface area contributed by atoms with E-state index < -0.39 is 11.5 Å². The second-order valence-corrected chi connectivity index (χ2v) is 5.14. The molecule has 0 unspecified atom stereocenters. The van der Waals surface area contributed by atoms with E-state index in [-0.39, 0.29) is 0 Å². The molecule has 3 nitrogen and oxygen atoms in total. The second-order valence-electron chi connectivity index (χ2n) is 5.14. The lowest BCUT2D eigenvalue weighted by Gasteiger charge is -2.36. The van der Waals surface area contributed by atoms with Crippen molar-refractivity contribution in [1.82, 2.24) is 4.90 Å². The van der Waals surface area contributed by atoms with Crippen molar-refractivity contribution in [3.8, 4) is 0 Å². The van der Waals surface area contributed by atoms with Crippen LogP contribution in [0.3, 0.4) is 0 Å². The number of carboxylic acid groups (broad SMARTS) is 1. The summed E-state index contributed by atoms with van der Waals surface area (Å²) in [6, 6.07) is 0.503. The number of aliphatic carboxylic acids is 1. The molecule has 1 aliphatic rings. The van der Waals surface area contributed by atoms with Crippen molar-refractivity contribution in [3.63, 3.8) is 0 Å². The monoisotopic (exact) mass is 199 g/mol. The van der Waals surface area contributed by atoms with Crippen LogP contribution in [0.25, 0.3) is 0 Å². The molecule has 1 aliphatic carbocycles. The van der Waals surface area contributed by atoms with Gasteiger partial charge in [0.2, 0.25) is 0 Å². The molecule has 0 radical (unpaired) electrons. The Kier molecular flexibility index (Phi) is 3.20. The lowest BCUT2D eigenvalue weighted by Crippen LogP contribution is -2.52. The quantitative estimate of drug-likeness (QED) is 0.736. The van der Waals surface area contributed by atoms with Gasteiger partial charge in [0, 0.05) is 12.6 Å². The van der Waals surface area contributed by atoms with Crippen LogP contribution in [0.1, 0.15) is 40.5 Å². The first-order valence-electron chi connectivity index (χ1n) is 5.36. The van der Waals surface area contributed by atoms with Crippen molar-refractivity contribution in [2.24, 2.45) is 5.92 Å². The maximum Gasteiger partial charge on any atom is 0.323 e. The Labute approximate surface area is 86.1 Å². The van der Waals surface area contributed by atoms with Crippen LogP contribution < -0.4 is 0 Å². The summed E-state index contributed by atoms with van der Waals surface area (Å²) in [6.07, 6.45) is 2.31. The van der Waals surface area contributed by atoms with Crippen LogP contribution in [-0.2, 0) is 4.79 Å². The predicted octanol–water partition coefficient (Wildman–Crippen LogP) is 1.97. The molecule has 0 aromatic carbocycles. The van der Waals surface area contributed by atoms with Gasteiger partial charge in [-0.1, -0.05) is 13.8 Å².